The summed E-state index contributed by atoms with van der Waals surface area (Å²) in [6, 6.07) is 6.76. The summed E-state index contributed by atoms with van der Waals surface area (Å²) in [5.41, 5.74) is 2.09. The molecule has 3 aliphatic rings. The minimum atomic E-state index is -3.68. The second-order valence-electron chi connectivity index (χ2n) is 8.49. The zero-order chi connectivity index (χ0) is 19.8. The number of sulfonamides is 1. The second kappa shape index (κ2) is 7.53. The van der Waals surface area contributed by atoms with Crippen LogP contribution in [0.5, 0.6) is 0 Å². The fourth-order valence-electron chi connectivity index (χ4n) is 4.71. The molecule has 2 bridgehead atoms. The number of hydrazone groups is 1. The fourth-order valence-corrected chi connectivity index (χ4v) is 5.54. The van der Waals surface area contributed by atoms with E-state index in [2.05, 4.69) is 30.7 Å². The second-order valence-corrected chi connectivity index (χ2v) is 10.1. The molecular formula is C20H30N2O4S. The van der Waals surface area contributed by atoms with Crippen LogP contribution in [-0.4, -0.2) is 34.1 Å². The maximum Gasteiger partial charge on any atom is 0.276 e. The highest BCUT2D eigenvalue weighted by Crippen LogP contribution is 2.54. The lowest BCUT2D eigenvalue weighted by Crippen LogP contribution is -2.56. The van der Waals surface area contributed by atoms with Crippen LogP contribution in [0.15, 0.2) is 34.3 Å². The molecule has 3 aliphatic carbocycles. The highest BCUT2D eigenvalue weighted by atomic mass is 32.2. The molecule has 3 fully saturated rings. The molecule has 1 aromatic rings. The minimum Gasteiger partial charge on any atom is -0.359 e. The van der Waals surface area contributed by atoms with Crippen molar-refractivity contribution in [2.75, 3.05) is 13.9 Å². The van der Waals surface area contributed by atoms with E-state index in [-0.39, 0.29) is 35.0 Å². The molecule has 6 nitrogen and oxygen atoms in total. The van der Waals surface area contributed by atoms with Gasteiger partial charge in [-0.3, -0.25) is 0 Å². The highest BCUT2D eigenvalue weighted by molar-refractivity contribution is 7.89. The summed E-state index contributed by atoms with van der Waals surface area (Å²) < 4.78 is 36.2. The Bertz CT molecular complexity index is 802. The predicted octanol–water partition coefficient (Wildman–Crippen LogP) is 3.32. The molecule has 1 N–H and O–H groups in total. The van der Waals surface area contributed by atoms with Gasteiger partial charge in [0.15, 0.2) is 0 Å². The molecule has 150 valence electrons. The van der Waals surface area contributed by atoms with E-state index < -0.39 is 10.0 Å². The molecule has 0 amide bonds. The van der Waals surface area contributed by atoms with Crippen LogP contribution in [-0.2, 0) is 19.5 Å². The van der Waals surface area contributed by atoms with Crippen molar-refractivity contribution in [3.8, 4) is 0 Å². The molecule has 0 saturated heterocycles. The normalized spacial score (nSPS) is 31.2. The van der Waals surface area contributed by atoms with Gasteiger partial charge in [0.2, 0.25) is 0 Å². The summed E-state index contributed by atoms with van der Waals surface area (Å²) in [7, 11) is -2.07. The maximum absolute atomic E-state index is 12.6. The zero-order valence-corrected chi connectivity index (χ0v) is 17.5. The number of hydrogen-bond acceptors (Lipinski definition) is 5. The first-order chi connectivity index (χ1) is 12.7. The Morgan fingerprint density at radius 3 is 2.56 bits per heavy atom. The average Bonchev–Trinajstić information content (AvgIpc) is 2.60. The molecule has 3 saturated carbocycles. The Kier molecular flexibility index (Phi) is 5.66. The number of hydrogen-bond donors (Lipinski definition) is 1. The first-order valence-electron chi connectivity index (χ1n) is 9.42. The number of fused-ring (bicyclic) bond motifs is 3. The van der Waals surface area contributed by atoms with E-state index in [1.165, 1.54) is 0 Å². The van der Waals surface area contributed by atoms with Crippen molar-refractivity contribution in [2.45, 2.75) is 51.5 Å². The van der Waals surface area contributed by atoms with Crippen molar-refractivity contribution >= 4 is 15.7 Å². The Hall–Kier alpha value is -1.44. The van der Waals surface area contributed by atoms with Gasteiger partial charge < -0.3 is 9.47 Å². The van der Waals surface area contributed by atoms with E-state index in [9.17, 15) is 8.42 Å². The summed E-state index contributed by atoms with van der Waals surface area (Å²) in [5.74, 6) is 0.699. The maximum atomic E-state index is 12.6. The predicted molar refractivity (Wildman–Crippen MR) is 105 cm³/mol. The third-order valence-corrected chi connectivity index (χ3v) is 7.39. The van der Waals surface area contributed by atoms with Crippen molar-refractivity contribution in [2.24, 2.45) is 28.3 Å². The molecule has 0 heterocycles. The average molecular weight is 395 g/mol. The SMILES string of the molecule is COCOC1CC2C(C)/C(=N/NS(=O)(=O)c3ccc(C)cc3)C1CC2(C)C. The summed E-state index contributed by atoms with van der Waals surface area (Å²) >= 11 is 0. The van der Waals surface area contributed by atoms with Crippen LogP contribution in [0.4, 0.5) is 0 Å². The van der Waals surface area contributed by atoms with E-state index in [4.69, 9.17) is 9.47 Å². The van der Waals surface area contributed by atoms with Crippen molar-refractivity contribution in [1.82, 2.24) is 4.83 Å². The van der Waals surface area contributed by atoms with Gasteiger partial charge >= 0.3 is 0 Å². The Morgan fingerprint density at radius 1 is 1.26 bits per heavy atom. The van der Waals surface area contributed by atoms with Crippen molar-refractivity contribution < 1.29 is 17.9 Å². The highest BCUT2D eigenvalue weighted by Gasteiger charge is 2.53. The fraction of sp³-hybridized carbons (Fsp3) is 0.650. The van der Waals surface area contributed by atoms with Gasteiger partial charge in [0.05, 0.1) is 11.0 Å². The van der Waals surface area contributed by atoms with Crippen molar-refractivity contribution in [3.05, 3.63) is 29.8 Å². The van der Waals surface area contributed by atoms with Crippen LogP contribution in [0.25, 0.3) is 0 Å². The number of benzene rings is 1. The Balaban J connectivity index is 1.84. The van der Waals surface area contributed by atoms with Gasteiger partial charge in [-0.15, -0.1) is 0 Å². The lowest BCUT2D eigenvalue weighted by atomic mass is 9.52. The Morgan fingerprint density at radius 2 is 1.93 bits per heavy atom. The third-order valence-electron chi connectivity index (χ3n) is 6.16. The lowest BCUT2D eigenvalue weighted by Gasteiger charge is -2.55. The summed E-state index contributed by atoms with van der Waals surface area (Å²) in [6.07, 6.45) is 1.90. The van der Waals surface area contributed by atoms with Gasteiger partial charge in [0, 0.05) is 24.7 Å². The van der Waals surface area contributed by atoms with E-state index in [1.807, 2.05) is 6.92 Å². The smallest absolute Gasteiger partial charge is 0.276 e. The largest absolute Gasteiger partial charge is 0.359 e. The number of nitrogens with zero attached hydrogens (tertiary/aromatic N) is 1. The van der Waals surface area contributed by atoms with Gasteiger partial charge in [-0.25, -0.2) is 4.83 Å². The summed E-state index contributed by atoms with van der Waals surface area (Å²) in [6.45, 7) is 8.86. The van der Waals surface area contributed by atoms with Crippen LogP contribution >= 0.6 is 0 Å². The van der Waals surface area contributed by atoms with Gasteiger partial charge in [-0.2, -0.15) is 13.5 Å². The monoisotopic (exact) mass is 394 g/mol. The van der Waals surface area contributed by atoms with Crippen LogP contribution in [0, 0.1) is 30.1 Å². The molecule has 4 unspecified atom stereocenters. The van der Waals surface area contributed by atoms with Crippen LogP contribution in [0.1, 0.15) is 39.2 Å². The number of ether oxygens (including phenoxy) is 2. The summed E-state index contributed by atoms with van der Waals surface area (Å²) in [4.78, 5) is 2.68. The molecule has 0 aromatic heterocycles. The Labute approximate surface area is 162 Å². The molecule has 1 aromatic carbocycles. The van der Waals surface area contributed by atoms with Gasteiger partial charge in [-0.05, 0) is 43.2 Å². The van der Waals surface area contributed by atoms with E-state index in [0.717, 1.165) is 24.1 Å². The molecular weight excluding hydrogens is 364 g/mol. The number of nitrogens with one attached hydrogen (secondary N) is 1. The van der Waals surface area contributed by atoms with Crippen LogP contribution in [0.3, 0.4) is 0 Å². The molecule has 7 heteroatoms. The van der Waals surface area contributed by atoms with Crippen LogP contribution < -0.4 is 4.83 Å². The quantitative estimate of drug-likeness (QED) is 0.593. The van der Waals surface area contributed by atoms with E-state index in [0.29, 0.717) is 5.92 Å². The molecule has 0 spiro atoms. The molecule has 0 radical (unpaired) electrons. The minimum absolute atomic E-state index is 0.0156. The first-order valence-corrected chi connectivity index (χ1v) is 10.9. The van der Waals surface area contributed by atoms with E-state index in [1.54, 1.807) is 31.4 Å². The number of methoxy groups -OCH3 is 1. The molecule has 4 rings (SSSR count). The van der Waals surface area contributed by atoms with Crippen molar-refractivity contribution in [3.63, 3.8) is 0 Å². The zero-order valence-electron chi connectivity index (χ0n) is 16.7. The lowest BCUT2D eigenvalue weighted by molar-refractivity contribution is -0.129. The van der Waals surface area contributed by atoms with Gasteiger partial charge in [0.25, 0.3) is 10.0 Å². The first kappa shape index (κ1) is 20.3. The molecule has 4 atom stereocenters. The van der Waals surface area contributed by atoms with Crippen LogP contribution in [0.2, 0.25) is 0 Å². The van der Waals surface area contributed by atoms with Gasteiger partial charge in [0.1, 0.15) is 6.79 Å². The summed E-state index contributed by atoms with van der Waals surface area (Å²) in [5, 5.41) is 4.40. The number of aryl methyl sites for hydroxylation is 1. The van der Waals surface area contributed by atoms with Crippen molar-refractivity contribution in [1.29, 1.82) is 0 Å². The molecule has 0 aliphatic heterocycles. The third kappa shape index (κ3) is 4.05. The van der Waals surface area contributed by atoms with Gasteiger partial charge in [-0.1, -0.05) is 38.5 Å². The topological polar surface area (TPSA) is 77.0 Å². The standard InChI is InChI=1S/C20H30N2O4S/c1-13-6-8-15(9-7-13)27(23,24)22-21-19-14(2)17-10-18(26-12-25-5)16(19)11-20(17,3)4/h6-9,14,16-18,22H,10-12H2,1-5H3/b21-19-. The van der Waals surface area contributed by atoms with E-state index >= 15 is 0 Å². The molecule has 27 heavy (non-hydrogen) atoms. The number of rotatable bonds is 6.